The SMILES string of the molecule is COC1C(B2OC(C)(C)C(C)(C)O2)=CC=C(C)N1C. The van der Waals surface area contributed by atoms with Crippen LogP contribution in [-0.2, 0) is 14.0 Å². The fraction of sp³-hybridized carbons (Fsp3) is 0.714. The van der Waals surface area contributed by atoms with E-state index in [0.29, 0.717) is 0 Å². The van der Waals surface area contributed by atoms with Gasteiger partial charge in [0.15, 0.2) is 0 Å². The van der Waals surface area contributed by atoms with Crippen LogP contribution in [0.4, 0.5) is 0 Å². The Hall–Kier alpha value is -0.775. The van der Waals surface area contributed by atoms with Gasteiger partial charge in [0.25, 0.3) is 0 Å². The zero-order chi connectivity index (χ0) is 14.4. The summed E-state index contributed by atoms with van der Waals surface area (Å²) >= 11 is 0. The molecule has 2 aliphatic rings. The third-order valence-corrected chi connectivity index (χ3v) is 4.46. The van der Waals surface area contributed by atoms with Crippen LogP contribution in [0.3, 0.4) is 0 Å². The lowest BCUT2D eigenvalue weighted by Crippen LogP contribution is -2.42. The van der Waals surface area contributed by atoms with Gasteiger partial charge in [-0.2, -0.15) is 0 Å². The van der Waals surface area contributed by atoms with Gasteiger partial charge in [-0.05, 0) is 40.7 Å². The second-order valence-corrected chi connectivity index (χ2v) is 6.26. The normalized spacial score (nSPS) is 29.3. The molecule has 0 N–H and O–H groups in total. The van der Waals surface area contributed by atoms with E-state index in [0.717, 1.165) is 11.2 Å². The summed E-state index contributed by atoms with van der Waals surface area (Å²) in [6, 6.07) is 0. The first-order valence-corrected chi connectivity index (χ1v) is 6.69. The highest BCUT2D eigenvalue weighted by atomic mass is 16.7. The Bertz CT molecular complexity index is 412. The summed E-state index contributed by atoms with van der Waals surface area (Å²) in [7, 11) is 3.36. The molecule has 2 rings (SSSR count). The quantitative estimate of drug-likeness (QED) is 0.717. The summed E-state index contributed by atoms with van der Waals surface area (Å²) in [6.07, 6.45) is 3.97. The molecule has 2 aliphatic heterocycles. The van der Waals surface area contributed by atoms with E-state index in [4.69, 9.17) is 14.0 Å². The molecule has 0 spiro atoms. The lowest BCUT2D eigenvalue weighted by atomic mass is 9.75. The molecular weight excluding hydrogens is 241 g/mol. The average molecular weight is 265 g/mol. The van der Waals surface area contributed by atoms with E-state index in [9.17, 15) is 0 Å². The maximum absolute atomic E-state index is 6.09. The zero-order valence-electron chi connectivity index (χ0n) is 13.0. The molecule has 5 heteroatoms. The standard InChI is InChI=1S/C14H24BNO3/c1-10-8-9-11(12(17-7)16(10)6)15-18-13(2,3)14(4,5)19-15/h8-9,12H,1-7H3. The molecule has 1 unspecified atom stereocenters. The smallest absolute Gasteiger partial charge is 0.399 e. The Labute approximate surface area is 116 Å². The molecule has 106 valence electrons. The van der Waals surface area contributed by atoms with Gasteiger partial charge in [-0.3, -0.25) is 0 Å². The molecule has 2 heterocycles. The van der Waals surface area contributed by atoms with Crippen LogP contribution in [0.25, 0.3) is 0 Å². The number of allylic oxidation sites excluding steroid dienone is 3. The van der Waals surface area contributed by atoms with Crippen molar-refractivity contribution in [3.8, 4) is 0 Å². The predicted octanol–water partition coefficient (Wildman–Crippen LogP) is 2.37. The number of rotatable bonds is 2. The fourth-order valence-electron chi connectivity index (χ4n) is 2.29. The molecule has 4 nitrogen and oxygen atoms in total. The molecule has 0 saturated carbocycles. The molecule has 0 aromatic heterocycles. The first-order chi connectivity index (χ1) is 8.69. The van der Waals surface area contributed by atoms with E-state index in [2.05, 4.69) is 45.6 Å². The second-order valence-electron chi connectivity index (χ2n) is 6.26. The minimum Gasteiger partial charge on any atom is -0.399 e. The molecule has 1 atom stereocenters. The summed E-state index contributed by atoms with van der Waals surface area (Å²) in [4.78, 5) is 2.08. The van der Waals surface area contributed by atoms with Gasteiger partial charge in [-0.15, -0.1) is 0 Å². The lowest BCUT2D eigenvalue weighted by molar-refractivity contribution is 0.00578. The monoisotopic (exact) mass is 265 g/mol. The third kappa shape index (κ3) is 2.35. The van der Waals surface area contributed by atoms with Gasteiger partial charge in [0.05, 0.1) is 11.2 Å². The molecule has 0 aromatic rings. The van der Waals surface area contributed by atoms with Crippen LogP contribution in [0.1, 0.15) is 34.6 Å². The highest BCUT2D eigenvalue weighted by Gasteiger charge is 2.54. The minimum atomic E-state index is -0.359. The van der Waals surface area contributed by atoms with Gasteiger partial charge in [-0.25, -0.2) is 0 Å². The Morgan fingerprint density at radius 1 is 1.16 bits per heavy atom. The summed E-state index contributed by atoms with van der Waals surface area (Å²) in [5.74, 6) is 0. The molecule has 0 aromatic carbocycles. The Kier molecular flexibility index (Phi) is 3.58. The van der Waals surface area contributed by atoms with Gasteiger partial charge in [0.2, 0.25) is 0 Å². The number of methoxy groups -OCH3 is 1. The highest BCUT2D eigenvalue weighted by Crippen LogP contribution is 2.40. The fourth-order valence-corrected chi connectivity index (χ4v) is 2.29. The van der Waals surface area contributed by atoms with Gasteiger partial charge < -0.3 is 18.9 Å². The van der Waals surface area contributed by atoms with Crippen molar-refractivity contribution < 1.29 is 14.0 Å². The van der Waals surface area contributed by atoms with E-state index in [-0.39, 0.29) is 24.5 Å². The van der Waals surface area contributed by atoms with Crippen molar-refractivity contribution in [2.75, 3.05) is 14.2 Å². The first kappa shape index (κ1) is 14.6. The van der Waals surface area contributed by atoms with Crippen LogP contribution >= 0.6 is 0 Å². The predicted molar refractivity (Wildman–Crippen MR) is 76.5 cm³/mol. The largest absolute Gasteiger partial charge is 0.495 e. The van der Waals surface area contributed by atoms with Crippen LogP contribution in [-0.4, -0.2) is 43.6 Å². The molecule has 0 radical (unpaired) electrons. The van der Waals surface area contributed by atoms with E-state index >= 15 is 0 Å². The molecule has 1 saturated heterocycles. The maximum Gasteiger partial charge on any atom is 0.495 e. The van der Waals surface area contributed by atoms with Gasteiger partial charge in [-0.1, -0.05) is 6.08 Å². The molecular formula is C14H24BNO3. The van der Waals surface area contributed by atoms with Crippen molar-refractivity contribution in [2.24, 2.45) is 0 Å². The molecule has 0 amide bonds. The van der Waals surface area contributed by atoms with Crippen LogP contribution in [0.5, 0.6) is 0 Å². The van der Waals surface area contributed by atoms with E-state index in [1.807, 2.05) is 13.1 Å². The Balaban J connectivity index is 2.28. The van der Waals surface area contributed by atoms with E-state index < -0.39 is 0 Å². The summed E-state index contributed by atoms with van der Waals surface area (Å²) in [5, 5.41) is 0. The molecule has 0 aliphatic carbocycles. The van der Waals surface area contributed by atoms with Gasteiger partial charge >= 0.3 is 7.12 Å². The van der Waals surface area contributed by atoms with E-state index in [1.165, 1.54) is 0 Å². The third-order valence-electron chi connectivity index (χ3n) is 4.46. The summed E-state index contributed by atoms with van der Waals surface area (Å²) in [6.45, 7) is 10.3. The van der Waals surface area contributed by atoms with E-state index in [1.54, 1.807) is 7.11 Å². The van der Waals surface area contributed by atoms with Crippen molar-refractivity contribution >= 4 is 7.12 Å². The Morgan fingerprint density at radius 3 is 2.16 bits per heavy atom. The summed E-state index contributed by atoms with van der Waals surface area (Å²) in [5.41, 5.74) is 1.51. The average Bonchev–Trinajstić information content (AvgIpc) is 2.51. The number of hydrogen-bond acceptors (Lipinski definition) is 4. The minimum absolute atomic E-state index is 0.139. The lowest BCUT2D eigenvalue weighted by Gasteiger charge is -2.34. The zero-order valence-corrected chi connectivity index (χ0v) is 13.0. The van der Waals surface area contributed by atoms with Crippen LogP contribution in [0, 0.1) is 0 Å². The highest BCUT2D eigenvalue weighted by molar-refractivity contribution is 6.55. The number of hydrogen-bond donors (Lipinski definition) is 0. The van der Waals surface area contributed by atoms with Crippen molar-refractivity contribution in [3.63, 3.8) is 0 Å². The second kappa shape index (κ2) is 4.65. The topological polar surface area (TPSA) is 30.9 Å². The summed E-state index contributed by atoms with van der Waals surface area (Å²) < 4.78 is 17.8. The van der Waals surface area contributed by atoms with Gasteiger partial charge in [0, 0.05) is 25.3 Å². The van der Waals surface area contributed by atoms with Gasteiger partial charge in [0.1, 0.15) is 6.23 Å². The van der Waals surface area contributed by atoms with Crippen molar-refractivity contribution in [3.05, 3.63) is 23.3 Å². The van der Waals surface area contributed by atoms with Crippen LogP contribution < -0.4 is 0 Å². The van der Waals surface area contributed by atoms with Crippen molar-refractivity contribution in [1.29, 1.82) is 0 Å². The first-order valence-electron chi connectivity index (χ1n) is 6.69. The van der Waals surface area contributed by atoms with Crippen LogP contribution in [0.15, 0.2) is 23.3 Å². The van der Waals surface area contributed by atoms with Crippen molar-refractivity contribution in [2.45, 2.75) is 52.0 Å². The number of likely N-dealkylation sites (N-methyl/N-ethyl adjacent to an activating group) is 1. The maximum atomic E-state index is 6.09. The Morgan fingerprint density at radius 2 is 1.68 bits per heavy atom. The van der Waals surface area contributed by atoms with Crippen molar-refractivity contribution in [1.82, 2.24) is 4.90 Å². The molecule has 1 fully saturated rings. The number of ether oxygens (including phenoxy) is 1. The van der Waals surface area contributed by atoms with Crippen LogP contribution in [0.2, 0.25) is 0 Å². The molecule has 0 bridgehead atoms. The number of nitrogens with zero attached hydrogens (tertiary/aromatic N) is 1. The molecule has 19 heavy (non-hydrogen) atoms.